The van der Waals surface area contributed by atoms with E-state index in [9.17, 15) is 4.79 Å². The maximum atomic E-state index is 12.2. The minimum atomic E-state index is -0.713. The van der Waals surface area contributed by atoms with Gasteiger partial charge >= 0.3 is 5.97 Å². The SMILES string of the molecule is Cc1ccc2cc(COC(=O)C(C)Oc3ccccc3)c(Cl)nc2c1C. The third kappa shape index (κ3) is 3.97. The number of nitrogens with zero attached hydrogens (tertiary/aromatic N) is 1. The highest BCUT2D eigenvalue weighted by atomic mass is 35.5. The van der Waals surface area contributed by atoms with E-state index in [1.54, 1.807) is 19.1 Å². The van der Waals surface area contributed by atoms with E-state index in [1.807, 2.05) is 50.2 Å². The number of carbonyl (C=O) groups excluding carboxylic acids is 1. The van der Waals surface area contributed by atoms with Gasteiger partial charge in [0.15, 0.2) is 6.10 Å². The lowest BCUT2D eigenvalue weighted by molar-refractivity contribution is -0.152. The Kier molecular flexibility index (Phi) is 5.43. The third-order valence-electron chi connectivity index (χ3n) is 4.30. The fourth-order valence-electron chi connectivity index (χ4n) is 2.62. The van der Waals surface area contributed by atoms with Crippen LogP contribution in [0.15, 0.2) is 48.5 Å². The van der Waals surface area contributed by atoms with Crippen LogP contribution in [0, 0.1) is 13.8 Å². The topological polar surface area (TPSA) is 48.4 Å². The number of carbonyl (C=O) groups is 1. The van der Waals surface area contributed by atoms with E-state index in [1.165, 1.54) is 0 Å². The minimum Gasteiger partial charge on any atom is -0.479 e. The number of aromatic nitrogens is 1. The van der Waals surface area contributed by atoms with Crippen molar-refractivity contribution >= 4 is 28.5 Å². The molecule has 0 fully saturated rings. The van der Waals surface area contributed by atoms with Gasteiger partial charge < -0.3 is 9.47 Å². The average molecular weight is 370 g/mol. The molecule has 0 aliphatic rings. The number of ether oxygens (including phenoxy) is 2. The summed E-state index contributed by atoms with van der Waals surface area (Å²) in [6.07, 6.45) is -0.713. The molecule has 0 aliphatic heterocycles. The number of esters is 1. The molecule has 0 radical (unpaired) electrons. The van der Waals surface area contributed by atoms with Crippen LogP contribution in [0.3, 0.4) is 0 Å². The lowest BCUT2D eigenvalue weighted by atomic mass is 10.0. The quantitative estimate of drug-likeness (QED) is 0.468. The molecule has 0 bridgehead atoms. The first-order valence-corrected chi connectivity index (χ1v) is 8.77. The summed E-state index contributed by atoms with van der Waals surface area (Å²) in [6, 6.07) is 15.1. The molecule has 26 heavy (non-hydrogen) atoms. The Morgan fingerprint density at radius 2 is 1.88 bits per heavy atom. The van der Waals surface area contributed by atoms with Gasteiger partial charge in [0.25, 0.3) is 0 Å². The zero-order chi connectivity index (χ0) is 18.7. The highest BCUT2D eigenvalue weighted by Gasteiger charge is 2.17. The van der Waals surface area contributed by atoms with Gasteiger partial charge in [0.2, 0.25) is 0 Å². The molecule has 3 aromatic rings. The number of benzene rings is 2. The summed E-state index contributed by atoms with van der Waals surface area (Å²) in [4.78, 5) is 16.7. The molecule has 3 rings (SSSR count). The van der Waals surface area contributed by atoms with Crippen LogP contribution in [-0.2, 0) is 16.1 Å². The standard InChI is InChI=1S/C21H20ClNO3/c1-13-9-10-16-11-17(20(22)23-19(16)14(13)2)12-25-21(24)15(3)26-18-7-5-4-6-8-18/h4-11,15H,12H2,1-3H3. The van der Waals surface area contributed by atoms with Crippen molar-refractivity contribution in [2.75, 3.05) is 0 Å². The minimum absolute atomic E-state index is 0.0516. The van der Waals surface area contributed by atoms with E-state index in [2.05, 4.69) is 4.98 Å². The summed E-state index contributed by atoms with van der Waals surface area (Å²) in [5.74, 6) is 0.165. The first-order valence-electron chi connectivity index (χ1n) is 8.39. The van der Waals surface area contributed by atoms with E-state index in [0.717, 1.165) is 22.0 Å². The van der Waals surface area contributed by atoms with Gasteiger partial charge in [-0.3, -0.25) is 0 Å². The van der Waals surface area contributed by atoms with E-state index in [-0.39, 0.29) is 6.61 Å². The van der Waals surface area contributed by atoms with Crippen molar-refractivity contribution in [2.45, 2.75) is 33.5 Å². The molecule has 5 heteroatoms. The molecule has 1 aromatic heterocycles. The number of rotatable bonds is 5. The van der Waals surface area contributed by atoms with Crippen LogP contribution in [0.2, 0.25) is 5.15 Å². The van der Waals surface area contributed by atoms with Crippen molar-refractivity contribution in [2.24, 2.45) is 0 Å². The maximum Gasteiger partial charge on any atom is 0.347 e. The van der Waals surface area contributed by atoms with E-state index < -0.39 is 12.1 Å². The predicted octanol–water partition coefficient (Wildman–Crippen LogP) is 5.02. The van der Waals surface area contributed by atoms with Crippen LogP contribution in [0.5, 0.6) is 5.75 Å². The van der Waals surface area contributed by atoms with Gasteiger partial charge in [0.1, 0.15) is 17.5 Å². The van der Waals surface area contributed by atoms with Crippen LogP contribution in [-0.4, -0.2) is 17.1 Å². The van der Waals surface area contributed by atoms with Crippen molar-refractivity contribution < 1.29 is 14.3 Å². The van der Waals surface area contributed by atoms with Gasteiger partial charge in [-0.2, -0.15) is 0 Å². The van der Waals surface area contributed by atoms with Crippen molar-refractivity contribution in [3.8, 4) is 5.75 Å². The highest BCUT2D eigenvalue weighted by Crippen LogP contribution is 2.25. The first kappa shape index (κ1) is 18.2. The smallest absolute Gasteiger partial charge is 0.347 e. The molecule has 4 nitrogen and oxygen atoms in total. The predicted molar refractivity (Wildman–Crippen MR) is 103 cm³/mol. The van der Waals surface area contributed by atoms with Crippen LogP contribution in [0.1, 0.15) is 23.6 Å². The molecule has 1 heterocycles. The van der Waals surface area contributed by atoms with Gasteiger partial charge in [-0.05, 0) is 50.1 Å². The van der Waals surface area contributed by atoms with Crippen molar-refractivity contribution in [3.63, 3.8) is 0 Å². The summed E-state index contributed by atoms with van der Waals surface area (Å²) in [6.45, 7) is 5.76. The summed E-state index contributed by atoms with van der Waals surface area (Å²) in [5.41, 5.74) is 3.79. The molecule has 0 saturated carbocycles. The lowest BCUT2D eigenvalue weighted by Crippen LogP contribution is -2.26. The van der Waals surface area contributed by atoms with Gasteiger partial charge in [-0.15, -0.1) is 0 Å². The molecule has 1 atom stereocenters. The Morgan fingerprint density at radius 3 is 2.62 bits per heavy atom. The summed E-state index contributed by atoms with van der Waals surface area (Å²) in [7, 11) is 0. The number of hydrogen-bond acceptors (Lipinski definition) is 4. The van der Waals surface area contributed by atoms with Crippen LogP contribution in [0.25, 0.3) is 10.9 Å². The Balaban J connectivity index is 1.70. The van der Waals surface area contributed by atoms with Crippen LogP contribution >= 0.6 is 11.6 Å². The third-order valence-corrected chi connectivity index (χ3v) is 4.62. The summed E-state index contributed by atoms with van der Waals surface area (Å²) < 4.78 is 10.9. The number of pyridine rings is 1. The molecule has 0 saturated heterocycles. The second-order valence-corrected chi connectivity index (χ2v) is 6.56. The van der Waals surface area contributed by atoms with E-state index in [4.69, 9.17) is 21.1 Å². The molecule has 1 unspecified atom stereocenters. The van der Waals surface area contributed by atoms with Crippen LogP contribution < -0.4 is 4.74 Å². The van der Waals surface area contributed by atoms with Gasteiger partial charge in [-0.1, -0.05) is 41.9 Å². The second-order valence-electron chi connectivity index (χ2n) is 6.20. The Morgan fingerprint density at radius 1 is 1.15 bits per heavy atom. The molecule has 0 spiro atoms. The summed E-state index contributed by atoms with van der Waals surface area (Å²) in [5, 5.41) is 1.31. The Bertz CT molecular complexity index is 941. The number of hydrogen-bond donors (Lipinski definition) is 0. The number of aryl methyl sites for hydroxylation is 2. The fraction of sp³-hybridized carbons (Fsp3) is 0.238. The van der Waals surface area contributed by atoms with Gasteiger partial charge in [-0.25, -0.2) is 9.78 Å². The number of para-hydroxylation sites is 1. The van der Waals surface area contributed by atoms with Crippen molar-refractivity contribution in [1.82, 2.24) is 4.98 Å². The molecular weight excluding hydrogens is 350 g/mol. The van der Waals surface area contributed by atoms with E-state index in [0.29, 0.717) is 16.5 Å². The van der Waals surface area contributed by atoms with Gasteiger partial charge in [0, 0.05) is 10.9 Å². The number of fused-ring (bicyclic) bond motifs is 1. The second kappa shape index (κ2) is 7.75. The molecule has 0 amide bonds. The molecular formula is C21H20ClNO3. The zero-order valence-electron chi connectivity index (χ0n) is 15.0. The van der Waals surface area contributed by atoms with E-state index >= 15 is 0 Å². The molecule has 0 aliphatic carbocycles. The average Bonchev–Trinajstić information content (AvgIpc) is 2.64. The van der Waals surface area contributed by atoms with Crippen molar-refractivity contribution in [1.29, 1.82) is 0 Å². The normalized spacial score (nSPS) is 12.0. The van der Waals surface area contributed by atoms with Gasteiger partial charge in [0.05, 0.1) is 5.52 Å². The first-order chi connectivity index (χ1) is 12.5. The maximum absolute atomic E-state index is 12.2. The van der Waals surface area contributed by atoms with Crippen LogP contribution in [0.4, 0.5) is 0 Å². The zero-order valence-corrected chi connectivity index (χ0v) is 15.7. The van der Waals surface area contributed by atoms with Crippen molar-refractivity contribution in [3.05, 3.63) is 70.4 Å². The number of halogens is 1. The Labute approximate surface area is 157 Å². The molecule has 0 N–H and O–H groups in total. The molecule has 134 valence electrons. The lowest BCUT2D eigenvalue weighted by Gasteiger charge is -2.14. The molecule has 2 aromatic carbocycles. The summed E-state index contributed by atoms with van der Waals surface area (Å²) >= 11 is 6.29. The fourth-order valence-corrected chi connectivity index (χ4v) is 2.82. The highest BCUT2D eigenvalue weighted by molar-refractivity contribution is 6.30. The monoisotopic (exact) mass is 369 g/mol. The largest absolute Gasteiger partial charge is 0.479 e. The Hall–Kier alpha value is -2.59.